The summed E-state index contributed by atoms with van der Waals surface area (Å²) in [5.41, 5.74) is 5.41. The molecule has 0 radical (unpaired) electrons. The number of aliphatic hydroxyl groups excluding tert-OH is 1. The summed E-state index contributed by atoms with van der Waals surface area (Å²) < 4.78 is 14.8. The number of aryl methyl sites for hydroxylation is 6. The number of aliphatic hydroxyl groups is 1. The molecule has 38 heavy (non-hydrogen) atoms. The molecule has 4 heterocycles. The Morgan fingerprint density at radius 3 is 1.63 bits per heavy atom. The molecular weight excluding hydrogens is 599 g/mol. The van der Waals surface area contributed by atoms with E-state index >= 15 is 0 Å². The summed E-state index contributed by atoms with van der Waals surface area (Å²) >= 11 is 12.9. The number of esters is 1. The second kappa shape index (κ2) is 21.0. The SMILES string of the molecule is C1CCOC1.CCOC(=O)c1cc(C)nn1C.Cc1cc(CBr)n(C)n1.Cc1cc(CO)n(C)n1.ClCCl. The highest BCUT2D eigenvalue weighted by atomic mass is 79.9. The van der Waals surface area contributed by atoms with Crippen molar-refractivity contribution in [1.82, 2.24) is 29.3 Å². The second-order valence-corrected chi connectivity index (χ2v) is 9.40. The largest absolute Gasteiger partial charge is 0.461 e. The fraction of sp³-hybridized carbons (Fsp3) is 0.600. The number of halogens is 3. The van der Waals surface area contributed by atoms with Gasteiger partial charge in [-0.05, 0) is 58.7 Å². The average molecular weight is 640 g/mol. The molecule has 0 amide bonds. The van der Waals surface area contributed by atoms with Gasteiger partial charge in [-0.2, -0.15) is 15.3 Å². The number of aromatic nitrogens is 6. The van der Waals surface area contributed by atoms with Crippen LogP contribution in [0.5, 0.6) is 0 Å². The highest BCUT2D eigenvalue weighted by Crippen LogP contribution is 2.05. The summed E-state index contributed by atoms with van der Waals surface area (Å²) in [5, 5.41) is 22.0. The first kappa shape index (κ1) is 36.1. The summed E-state index contributed by atoms with van der Waals surface area (Å²) in [6, 6.07) is 5.63. The van der Waals surface area contributed by atoms with Gasteiger partial charge in [0.2, 0.25) is 0 Å². The van der Waals surface area contributed by atoms with Crippen molar-refractivity contribution in [3.05, 3.63) is 52.4 Å². The molecule has 0 atom stereocenters. The van der Waals surface area contributed by atoms with Crippen LogP contribution in [0, 0.1) is 20.8 Å². The van der Waals surface area contributed by atoms with E-state index < -0.39 is 0 Å². The lowest BCUT2D eigenvalue weighted by Crippen LogP contribution is -2.10. The van der Waals surface area contributed by atoms with E-state index in [2.05, 4.69) is 37.3 Å². The Morgan fingerprint density at radius 2 is 1.39 bits per heavy atom. The summed E-state index contributed by atoms with van der Waals surface area (Å²) in [6.45, 7) is 9.97. The molecule has 0 aromatic carbocycles. The summed E-state index contributed by atoms with van der Waals surface area (Å²) in [6.07, 6.45) is 2.56. The van der Waals surface area contributed by atoms with E-state index in [0.29, 0.717) is 12.3 Å². The van der Waals surface area contributed by atoms with Crippen LogP contribution in [0.2, 0.25) is 0 Å². The molecule has 1 N–H and O–H groups in total. The second-order valence-electron chi connectivity index (χ2n) is 8.03. The van der Waals surface area contributed by atoms with Crippen LogP contribution in [-0.4, -0.2) is 65.6 Å². The maximum absolute atomic E-state index is 11.2. The van der Waals surface area contributed by atoms with Gasteiger partial charge < -0.3 is 14.6 Å². The van der Waals surface area contributed by atoms with Crippen LogP contribution < -0.4 is 0 Å². The molecular formula is C25H41BrCl2N6O4. The number of hydrogen-bond acceptors (Lipinski definition) is 7. The van der Waals surface area contributed by atoms with Gasteiger partial charge in [0.25, 0.3) is 0 Å². The molecule has 1 aliphatic heterocycles. The van der Waals surface area contributed by atoms with Crippen molar-refractivity contribution in [2.24, 2.45) is 21.1 Å². The van der Waals surface area contributed by atoms with E-state index in [-0.39, 0.29) is 17.9 Å². The molecule has 3 aromatic heterocycles. The molecule has 1 aliphatic rings. The molecule has 0 spiro atoms. The zero-order chi connectivity index (χ0) is 29.1. The standard InChI is InChI=1S/C8H12N2O2.C6H9BrN2.C6H10N2O.C4H8O.CH2Cl2/c1-4-12-8(11)7-5-6(2)9-10(7)3;1-5-3-6(4-7)9(2)8-5;1-5-3-6(4-9)8(2)7-5;1-2-4-5-3-1;2-1-3/h5H,4H2,1-3H3;3H,4H2,1-2H3;3,9H,4H2,1-2H3;1-4H2;1H2. The van der Waals surface area contributed by atoms with E-state index in [9.17, 15) is 4.79 Å². The maximum atomic E-state index is 11.2. The Bertz CT molecular complexity index is 997. The summed E-state index contributed by atoms with van der Waals surface area (Å²) in [4.78, 5) is 11.2. The minimum absolute atomic E-state index is 0.0668. The highest BCUT2D eigenvalue weighted by molar-refractivity contribution is 9.08. The van der Waals surface area contributed by atoms with Gasteiger partial charge in [0.15, 0.2) is 0 Å². The first-order valence-electron chi connectivity index (χ1n) is 12.1. The van der Waals surface area contributed by atoms with E-state index in [4.69, 9.17) is 37.8 Å². The molecule has 216 valence electrons. The quantitative estimate of drug-likeness (QED) is 0.317. The number of ether oxygens (including phenoxy) is 2. The van der Waals surface area contributed by atoms with Gasteiger partial charge in [-0.15, -0.1) is 23.2 Å². The molecule has 1 fully saturated rings. The fourth-order valence-corrected chi connectivity index (χ4v) is 3.64. The Morgan fingerprint density at radius 1 is 0.947 bits per heavy atom. The molecule has 1 saturated heterocycles. The Labute approximate surface area is 244 Å². The number of alkyl halides is 3. The number of rotatable bonds is 4. The third-order valence-corrected chi connectivity index (χ3v) is 5.39. The van der Waals surface area contributed by atoms with Crippen LogP contribution in [0.3, 0.4) is 0 Å². The smallest absolute Gasteiger partial charge is 0.356 e. The van der Waals surface area contributed by atoms with E-state index in [1.54, 1.807) is 24.7 Å². The molecule has 10 nitrogen and oxygen atoms in total. The third-order valence-electron chi connectivity index (χ3n) is 4.81. The van der Waals surface area contributed by atoms with Crippen molar-refractivity contribution in [2.45, 2.75) is 52.5 Å². The van der Waals surface area contributed by atoms with Crippen molar-refractivity contribution < 1.29 is 19.4 Å². The normalized spacial score (nSPS) is 11.6. The Balaban J connectivity index is 0.000000478. The van der Waals surface area contributed by atoms with Gasteiger partial charge >= 0.3 is 5.97 Å². The van der Waals surface area contributed by atoms with Gasteiger partial charge in [0.1, 0.15) is 5.69 Å². The van der Waals surface area contributed by atoms with Crippen molar-refractivity contribution in [3.8, 4) is 0 Å². The average Bonchev–Trinajstić information content (AvgIpc) is 3.65. The van der Waals surface area contributed by atoms with Crippen molar-refractivity contribution in [2.75, 3.05) is 25.2 Å². The van der Waals surface area contributed by atoms with Gasteiger partial charge in [-0.3, -0.25) is 14.0 Å². The molecule has 13 heteroatoms. The van der Waals surface area contributed by atoms with E-state index in [1.807, 2.05) is 45.6 Å². The number of hydrogen-bond donors (Lipinski definition) is 1. The molecule has 0 bridgehead atoms. The van der Waals surface area contributed by atoms with Crippen LogP contribution in [0.1, 0.15) is 58.7 Å². The van der Waals surface area contributed by atoms with E-state index in [0.717, 1.165) is 41.3 Å². The van der Waals surface area contributed by atoms with Gasteiger partial charge in [-0.25, -0.2) is 4.79 Å². The first-order valence-corrected chi connectivity index (χ1v) is 14.3. The van der Waals surface area contributed by atoms with Crippen LogP contribution in [-0.2, 0) is 42.6 Å². The maximum Gasteiger partial charge on any atom is 0.356 e. The van der Waals surface area contributed by atoms with Crippen molar-refractivity contribution >= 4 is 45.1 Å². The molecule has 0 saturated carbocycles. The lowest BCUT2D eigenvalue weighted by molar-refractivity contribution is 0.0513. The zero-order valence-corrected chi connectivity index (χ0v) is 26.5. The van der Waals surface area contributed by atoms with Crippen LogP contribution >= 0.6 is 39.1 Å². The Hall–Kier alpha value is -1.92. The van der Waals surface area contributed by atoms with Gasteiger partial charge in [0, 0.05) is 45.4 Å². The number of carbonyl (C=O) groups is 1. The lowest BCUT2D eigenvalue weighted by atomic mass is 10.4. The number of nitrogens with zero attached hydrogens (tertiary/aromatic N) is 6. The topological polar surface area (TPSA) is 109 Å². The predicted molar refractivity (Wildman–Crippen MR) is 155 cm³/mol. The molecule has 3 aromatic rings. The Kier molecular flexibility index (Phi) is 19.9. The minimum atomic E-state index is -0.319. The van der Waals surface area contributed by atoms with Crippen LogP contribution in [0.25, 0.3) is 0 Å². The molecule has 0 unspecified atom stereocenters. The number of carbonyl (C=O) groups excluding carboxylic acids is 1. The van der Waals surface area contributed by atoms with Crippen LogP contribution in [0.15, 0.2) is 18.2 Å². The van der Waals surface area contributed by atoms with Crippen molar-refractivity contribution in [3.63, 3.8) is 0 Å². The third kappa shape index (κ3) is 14.9. The summed E-state index contributed by atoms with van der Waals surface area (Å²) in [7, 11) is 5.49. The van der Waals surface area contributed by atoms with E-state index in [1.165, 1.54) is 23.2 Å². The zero-order valence-electron chi connectivity index (χ0n) is 23.4. The van der Waals surface area contributed by atoms with Crippen LogP contribution in [0.4, 0.5) is 0 Å². The first-order chi connectivity index (χ1) is 18.0. The van der Waals surface area contributed by atoms with Crippen molar-refractivity contribution in [1.29, 1.82) is 0 Å². The fourth-order valence-electron chi connectivity index (χ4n) is 3.12. The predicted octanol–water partition coefficient (Wildman–Crippen LogP) is 4.97. The van der Waals surface area contributed by atoms with Gasteiger partial charge in [-0.1, -0.05) is 15.9 Å². The lowest BCUT2D eigenvalue weighted by Gasteiger charge is -2.00. The molecule has 4 rings (SSSR count). The molecule has 0 aliphatic carbocycles. The van der Waals surface area contributed by atoms with Gasteiger partial charge in [0.05, 0.1) is 41.3 Å². The highest BCUT2D eigenvalue weighted by Gasteiger charge is 2.11. The minimum Gasteiger partial charge on any atom is -0.461 e. The summed E-state index contributed by atoms with van der Waals surface area (Å²) in [5.74, 6) is -0.319. The monoisotopic (exact) mass is 638 g/mol.